The highest BCUT2D eigenvalue weighted by Crippen LogP contribution is 2.79. The Labute approximate surface area is 226 Å². The molecule has 208 valence electrons. The van der Waals surface area contributed by atoms with E-state index in [4.69, 9.17) is 18.9 Å². The maximum Gasteiger partial charge on any atom is 0.338 e. The minimum Gasteiger partial charge on any atom is -0.458 e. The Bertz CT molecular complexity index is 1080. The number of piperidine rings is 1. The molecular formula is C31H43NO6. The van der Waals surface area contributed by atoms with Gasteiger partial charge in [-0.2, -0.15) is 0 Å². The van der Waals surface area contributed by atoms with Crippen molar-refractivity contribution >= 4 is 5.97 Å². The van der Waals surface area contributed by atoms with E-state index in [-0.39, 0.29) is 64.8 Å². The van der Waals surface area contributed by atoms with Crippen LogP contribution in [-0.2, 0) is 18.9 Å². The third-order valence-electron chi connectivity index (χ3n) is 12.4. The van der Waals surface area contributed by atoms with Crippen LogP contribution in [0.25, 0.3) is 0 Å². The van der Waals surface area contributed by atoms with Gasteiger partial charge < -0.3 is 24.1 Å². The van der Waals surface area contributed by atoms with Gasteiger partial charge in [-0.1, -0.05) is 25.1 Å². The molecule has 1 saturated heterocycles. The van der Waals surface area contributed by atoms with Gasteiger partial charge in [0, 0.05) is 68.9 Å². The summed E-state index contributed by atoms with van der Waals surface area (Å²) in [6, 6.07) is 9.52. The summed E-state index contributed by atoms with van der Waals surface area (Å²) >= 11 is 0. The molecule has 1 heterocycles. The molecule has 0 aromatic heterocycles. The number of fused-ring (bicyclic) bond motifs is 2. The highest BCUT2D eigenvalue weighted by Gasteiger charge is 2.84. The van der Waals surface area contributed by atoms with Gasteiger partial charge in [0.15, 0.2) is 0 Å². The fourth-order valence-electron chi connectivity index (χ4n) is 11.5. The molecule has 7 nitrogen and oxygen atoms in total. The van der Waals surface area contributed by atoms with Crippen LogP contribution in [0.2, 0.25) is 0 Å². The van der Waals surface area contributed by atoms with Crippen molar-refractivity contribution in [1.29, 1.82) is 0 Å². The molecule has 7 bridgehead atoms. The summed E-state index contributed by atoms with van der Waals surface area (Å²) < 4.78 is 24.9. The van der Waals surface area contributed by atoms with Gasteiger partial charge in [-0.05, 0) is 56.2 Å². The first-order valence-corrected chi connectivity index (χ1v) is 14.7. The van der Waals surface area contributed by atoms with Crippen LogP contribution < -0.4 is 0 Å². The van der Waals surface area contributed by atoms with Gasteiger partial charge >= 0.3 is 5.97 Å². The molecule has 7 rings (SSSR count). The number of carbonyl (C=O) groups excluding carboxylic acids is 1. The van der Waals surface area contributed by atoms with Gasteiger partial charge in [0.25, 0.3) is 0 Å². The maximum atomic E-state index is 13.4. The third-order valence-corrected chi connectivity index (χ3v) is 12.4. The Morgan fingerprint density at radius 3 is 2.58 bits per heavy atom. The predicted octanol–water partition coefficient (Wildman–Crippen LogP) is 3.40. The van der Waals surface area contributed by atoms with E-state index in [2.05, 4.69) is 11.8 Å². The Morgan fingerprint density at radius 1 is 1.11 bits per heavy atom. The van der Waals surface area contributed by atoms with Crippen molar-refractivity contribution in [2.45, 2.75) is 69.0 Å². The molecule has 38 heavy (non-hydrogen) atoms. The summed E-state index contributed by atoms with van der Waals surface area (Å²) in [4.78, 5) is 16.1. The molecule has 1 spiro atoms. The van der Waals surface area contributed by atoms with Crippen molar-refractivity contribution in [2.75, 3.05) is 41.0 Å². The zero-order chi connectivity index (χ0) is 26.4. The molecule has 0 radical (unpaired) electrons. The molecule has 5 saturated carbocycles. The minimum atomic E-state index is -0.942. The number of methoxy groups -OCH3 is 3. The third kappa shape index (κ3) is 2.95. The van der Waals surface area contributed by atoms with Crippen LogP contribution in [0.5, 0.6) is 0 Å². The van der Waals surface area contributed by atoms with Crippen LogP contribution in [0.3, 0.4) is 0 Å². The molecular weight excluding hydrogens is 482 g/mol. The van der Waals surface area contributed by atoms with E-state index in [0.717, 1.165) is 45.4 Å². The first kappa shape index (κ1) is 25.5. The maximum absolute atomic E-state index is 13.4. The summed E-state index contributed by atoms with van der Waals surface area (Å²) in [6.07, 6.45) is 4.25. The fourth-order valence-corrected chi connectivity index (χ4v) is 11.5. The van der Waals surface area contributed by atoms with Crippen LogP contribution in [0.4, 0.5) is 0 Å². The molecule has 1 N–H and O–H groups in total. The van der Waals surface area contributed by atoms with Crippen molar-refractivity contribution in [3.05, 3.63) is 35.9 Å². The van der Waals surface area contributed by atoms with Crippen LogP contribution in [0.15, 0.2) is 30.3 Å². The molecule has 5 aliphatic carbocycles. The van der Waals surface area contributed by atoms with E-state index in [0.29, 0.717) is 17.9 Å². The summed E-state index contributed by atoms with van der Waals surface area (Å²) in [5, 5.41) is 12.9. The summed E-state index contributed by atoms with van der Waals surface area (Å²) in [6.45, 7) is 4.99. The number of rotatable bonds is 7. The second kappa shape index (κ2) is 8.74. The lowest BCUT2D eigenvalue weighted by Gasteiger charge is -2.69. The summed E-state index contributed by atoms with van der Waals surface area (Å²) in [7, 11) is 5.47. The first-order chi connectivity index (χ1) is 18.4. The predicted molar refractivity (Wildman–Crippen MR) is 141 cm³/mol. The molecule has 7 heteroatoms. The fraction of sp³-hybridized carbons (Fsp3) is 0.774. The second-order valence-electron chi connectivity index (χ2n) is 13.2. The Hall–Kier alpha value is -1.51. The van der Waals surface area contributed by atoms with Crippen molar-refractivity contribution < 1.29 is 28.8 Å². The number of aliphatic hydroxyl groups is 1. The number of carbonyl (C=O) groups is 1. The van der Waals surface area contributed by atoms with Crippen molar-refractivity contribution in [3.8, 4) is 0 Å². The molecule has 0 amide bonds. The van der Waals surface area contributed by atoms with E-state index in [1.54, 1.807) is 7.11 Å². The van der Waals surface area contributed by atoms with E-state index in [1.165, 1.54) is 0 Å². The molecule has 1 aliphatic heterocycles. The molecule has 0 unspecified atom stereocenters. The van der Waals surface area contributed by atoms with Crippen LogP contribution >= 0.6 is 0 Å². The number of benzene rings is 1. The van der Waals surface area contributed by atoms with Gasteiger partial charge in [0.2, 0.25) is 0 Å². The topological polar surface area (TPSA) is 77.5 Å². The van der Waals surface area contributed by atoms with Crippen molar-refractivity contribution in [2.24, 2.45) is 40.4 Å². The quantitative estimate of drug-likeness (QED) is 0.547. The normalized spacial score (nSPS) is 50.2. The van der Waals surface area contributed by atoms with E-state index in [1.807, 2.05) is 44.6 Å². The molecule has 1 aromatic carbocycles. The number of likely N-dealkylation sites (tertiary alicyclic amines) is 1. The average molecular weight is 526 g/mol. The highest BCUT2D eigenvalue weighted by molar-refractivity contribution is 5.89. The monoisotopic (exact) mass is 525 g/mol. The van der Waals surface area contributed by atoms with Crippen LogP contribution in [-0.4, -0.2) is 87.0 Å². The lowest BCUT2D eigenvalue weighted by molar-refractivity contribution is -0.276. The molecule has 6 aliphatic rings. The second-order valence-corrected chi connectivity index (χ2v) is 13.2. The standard InChI is InChI=1S/C31H43NO6/c1-5-32-16-29(17-35-2)12-11-24(37-4)31-20-13-19-22(36-3)15-30(34,21(27(31)32)14-23(29)31)25(20)26(19)38-28(33)18-9-7-6-8-10-18/h6-10,19-27,34H,5,11-17H2,1-4H3/t19-,20-,21+,22+,23-,24+,25-,26+,27-,29+,30+,31-/m1/s1. The van der Waals surface area contributed by atoms with Crippen molar-refractivity contribution in [1.82, 2.24) is 4.90 Å². The van der Waals surface area contributed by atoms with Crippen molar-refractivity contribution in [3.63, 3.8) is 0 Å². The number of esters is 1. The number of hydrogen-bond donors (Lipinski definition) is 1. The van der Waals surface area contributed by atoms with E-state index >= 15 is 0 Å². The Morgan fingerprint density at radius 2 is 1.89 bits per heavy atom. The lowest BCUT2D eigenvalue weighted by Crippen LogP contribution is -2.76. The van der Waals surface area contributed by atoms with Gasteiger partial charge in [-0.25, -0.2) is 4.79 Å². The summed E-state index contributed by atoms with van der Waals surface area (Å²) in [5.41, 5.74) is -0.405. The van der Waals surface area contributed by atoms with E-state index in [9.17, 15) is 9.90 Å². The van der Waals surface area contributed by atoms with Gasteiger partial charge in [0.05, 0.1) is 30.0 Å². The largest absolute Gasteiger partial charge is 0.458 e. The SMILES string of the molecule is CCN1C[C@]2(COC)CC[C@H](OC)[C@@]34[C@@H]5C[C@H]6[C@H](OC(=O)c7ccccc7)[C@@H]5[C@](O)(C[C@@H]6OC)[C@@H](C[C@H]23)[C@@H]14. The Balaban J connectivity index is 1.38. The highest BCUT2D eigenvalue weighted by atomic mass is 16.6. The van der Waals surface area contributed by atoms with E-state index < -0.39 is 5.60 Å². The lowest BCUT2D eigenvalue weighted by atomic mass is 9.43. The average Bonchev–Trinajstić information content (AvgIpc) is 3.38. The van der Waals surface area contributed by atoms with Crippen LogP contribution in [0.1, 0.15) is 49.4 Å². The molecule has 12 atom stereocenters. The summed E-state index contributed by atoms with van der Waals surface area (Å²) in [5.74, 6) is 0.395. The Kier molecular flexibility index (Phi) is 5.86. The zero-order valence-corrected chi connectivity index (χ0v) is 23.2. The van der Waals surface area contributed by atoms with Gasteiger partial charge in [-0.15, -0.1) is 0 Å². The molecule has 6 fully saturated rings. The zero-order valence-electron chi connectivity index (χ0n) is 23.2. The minimum absolute atomic E-state index is 0.0645. The number of hydrogen-bond acceptors (Lipinski definition) is 7. The number of nitrogens with zero attached hydrogens (tertiary/aromatic N) is 1. The smallest absolute Gasteiger partial charge is 0.338 e. The number of ether oxygens (including phenoxy) is 4. The molecule has 1 aromatic rings. The van der Waals surface area contributed by atoms with Gasteiger partial charge in [-0.3, -0.25) is 4.90 Å². The van der Waals surface area contributed by atoms with Crippen LogP contribution in [0, 0.1) is 40.4 Å². The van der Waals surface area contributed by atoms with Gasteiger partial charge in [0.1, 0.15) is 6.10 Å². The first-order valence-electron chi connectivity index (χ1n) is 14.7.